The van der Waals surface area contributed by atoms with Gasteiger partial charge in [0.05, 0.1) is 12.1 Å². The van der Waals surface area contributed by atoms with Gasteiger partial charge in [-0.2, -0.15) is 0 Å². The summed E-state index contributed by atoms with van der Waals surface area (Å²) in [4.78, 5) is 54.4. The van der Waals surface area contributed by atoms with Gasteiger partial charge in [-0.3, -0.25) is 24.5 Å². The highest BCUT2D eigenvalue weighted by Crippen LogP contribution is 2.34. The average Bonchev–Trinajstić information content (AvgIpc) is 3.35. The van der Waals surface area contributed by atoms with Gasteiger partial charge in [0.1, 0.15) is 17.5 Å². The molecule has 180 valence electrons. The summed E-state index contributed by atoms with van der Waals surface area (Å²) >= 11 is 6.25. The number of aromatic nitrogens is 1. The Kier molecular flexibility index (Phi) is 5.72. The Morgan fingerprint density at radius 1 is 1.23 bits per heavy atom. The van der Waals surface area contributed by atoms with Gasteiger partial charge in [0.25, 0.3) is 11.8 Å². The molecule has 2 aliphatic heterocycles. The number of hydrogen-bond acceptors (Lipinski definition) is 5. The van der Waals surface area contributed by atoms with Crippen molar-refractivity contribution in [2.24, 2.45) is 0 Å². The van der Waals surface area contributed by atoms with Gasteiger partial charge < -0.3 is 19.9 Å². The number of nitrogens with one attached hydrogen (secondary N) is 3. The number of carbonyl (C=O) groups excluding carboxylic acids is 4. The number of aryl methyl sites for hydroxylation is 1. The van der Waals surface area contributed by atoms with Gasteiger partial charge in [0.2, 0.25) is 11.8 Å². The summed E-state index contributed by atoms with van der Waals surface area (Å²) in [5, 5.41) is 6.50. The number of imide groups is 1. The van der Waals surface area contributed by atoms with Crippen LogP contribution in [0, 0.1) is 0 Å². The molecule has 4 amide bonds. The first kappa shape index (κ1) is 22.9. The maximum atomic E-state index is 13.2. The number of nitrogens with zero attached hydrogens (tertiary/aromatic N) is 1. The molecule has 1 aromatic heterocycles. The molecular formula is C25H23ClN4O5. The molecule has 0 spiro atoms. The van der Waals surface area contributed by atoms with Gasteiger partial charge >= 0.3 is 0 Å². The molecule has 1 unspecified atom stereocenters. The van der Waals surface area contributed by atoms with Gasteiger partial charge in [0.15, 0.2) is 0 Å². The molecule has 35 heavy (non-hydrogen) atoms. The molecule has 1 fully saturated rings. The number of aromatic amines is 1. The van der Waals surface area contributed by atoms with Crippen LogP contribution in [0.4, 0.5) is 5.69 Å². The zero-order valence-corrected chi connectivity index (χ0v) is 19.9. The Hall–Kier alpha value is -3.85. The Morgan fingerprint density at radius 2 is 2.03 bits per heavy atom. The van der Waals surface area contributed by atoms with Crippen LogP contribution >= 0.6 is 11.6 Å². The van der Waals surface area contributed by atoms with Crippen LogP contribution in [-0.2, 0) is 22.6 Å². The summed E-state index contributed by atoms with van der Waals surface area (Å²) in [6.45, 7) is 2.19. The minimum absolute atomic E-state index is 0.194. The van der Waals surface area contributed by atoms with E-state index in [9.17, 15) is 19.2 Å². The summed E-state index contributed by atoms with van der Waals surface area (Å²) in [5.41, 5.74) is 3.72. The summed E-state index contributed by atoms with van der Waals surface area (Å²) < 4.78 is 5.31. The number of benzene rings is 2. The van der Waals surface area contributed by atoms with Crippen LogP contribution in [0.3, 0.4) is 0 Å². The molecule has 0 saturated carbocycles. The van der Waals surface area contributed by atoms with E-state index in [1.807, 2.05) is 13.0 Å². The molecule has 1 saturated heterocycles. The van der Waals surface area contributed by atoms with Gasteiger partial charge in [-0.15, -0.1) is 0 Å². The first-order valence-corrected chi connectivity index (χ1v) is 11.7. The van der Waals surface area contributed by atoms with Crippen molar-refractivity contribution < 1.29 is 23.9 Å². The number of hydrogen-bond donors (Lipinski definition) is 3. The number of piperidine rings is 1. The molecule has 0 radical (unpaired) electrons. The Labute approximate surface area is 205 Å². The SMILES string of the molecule is CCc1c(C(=O)Nc2ccc3c(c2)CN(C2CCC(=O)NC2=O)C3=O)[nH]c2cc(Cl)c(OC)cc12. The highest BCUT2D eigenvalue weighted by Gasteiger charge is 2.39. The minimum atomic E-state index is -0.687. The van der Waals surface area contributed by atoms with Crippen LogP contribution in [0.1, 0.15) is 51.7 Å². The molecule has 0 bridgehead atoms. The number of amides is 4. The fraction of sp³-hybridized carbons (Fsp3) is 0.280. The molecule has 2 aliphatic rings. The third-order valence-electron chi connectivity index (χ3n) is 6.54. The maximum Gasteiger partial charge on any atom is 0.272 e. The van der Waals surface area contributed by atoms with Crippen molar-refractivity contribution in [2.75, 3.05) is 12.4 Å². The second-order valence-corrected chi connectivity index (χ2v) is 9.00. The fourth-order valence-electron chi connectivity index (χ4n) is 4.81. The lowest BCUT2D eigenvalue weighted by Gasteiger charge is -2.29. The summed E-state index contributed by atoms with van der Waals surface area (Å²) in [6.07, 6.45) is 1.11. The van der Waals surface area contributed by atoms with E-state index in [0.717, 1.165) is 16.5 Å². The lowest BCUT2D eigenvalue weighted by atomic mass is 10.0. The van der Waals surface area contributed by atoms with Crippen molar-refractivity contribution in [1.82, 2.24) is 15.2 Å². The summed E-state index contributed by atoms with van der Waals surface area (Å²) in [5.74, 6) is -0.840. The van der Waals surface area contributed by atoms with Crippen LogP contribution < -0.4 is 15.4 Å². The number of fused-ring (bicyclic) bond motifs is 2. The monoisotopic (exact) mass is 494 g/mol. The van der Waals surface area contributed by atoms with Gasteiger partial charge in [-0.25, -0.2) is 0 Å². The smallest absolute Gasteiger partial charge is 0.272 e. The van der Waals surface area contributed by atoms with Crippen molar-refractivity contribution >= 4 is 51.8 Å². The van der Waals surface area contributed by atoms with Crippen LogP contribution in [0.2, 0.25) is 5.02 Å². The van der Waals surface area contributed by atoms with E-state index in [1.54, 1.807) is 31.4 Å². The van der Waals surface area contributed by atoms with E-state index >= 15 is 0 Å². The zero-order valence-electron chi connectivity index (χ0n) is 19.2. The molecule has 10 heteroatoms. The predicted molar refractivity (Wildman–Crippen MR) is 130 cm³/mol. The first-order chi connectivity index (χ1) is 16.8. The number of ether oxygens (including phenoxy) is 1. The first-order valence-electron chi connectivity index (χ1n) is 11.3. The van der Waals surface area contributed by atoms with Crippen LogP contribution in [-0.4, -0.2) is 46.7 Å². The van der Waals surface area contributed by atoms with E-state index in [2.05, 4.69) is 15.6 Å². The van der Waals surface area contributed by atoms with E-state index in [4.69, 9.17) is 16.3 Å². The topological polar surface area (TPSA) is 121 Å². The maximum absolute atomic E-state index is 13.2. The number of anilines is 1. The molecular weight excluding hydrogens is 472 g/mol. The van der Waals surface area contributed by atoms with Crippen molar-refractivity contribution in [3.8, 4) is 5.75 Å². The Morgan fingerprint density at radius 3 is 2.74 bits per heavy atom. The number of H-pyrrole nitrogens is 1. The lowest BCUT2D eigenvalue weighted by molar-refractivity contribution is -0.136. The quantitative estimate of drug-likeness (QED) is 0.469. The van der Waals surface area contributed by atoms with Gasteiger partial charge in [0, 0.05) is 35.1 Å². The predicted octanol–water partition coefficient (Wildman–Crippen LogP) is 3.41. The molecule has 3 heterocycles. The third kappa shape index (κ3) is 3.91. The largest absolute Gasteiger partial charge is 0.495 e. The molecule has 5 rings (SSSR count). The average molecular weight is 495 g/mol. The Balaban J connectivity index is 1.39. The zero-order chi connectivity index (χ0) is 24.9. The van der Waals surface area contributed by atoms with Gasteiger partial charge in [-0.1, -0.05) is 18.5 Å². The van der Waals surface area contributed by atoms with Crippen LogP contribution in [0.15, 0.2) is 30.3 Å². The molecule has 3 N–H and O–H groups in total. The van der Waals surface area contributed by atoms with Gasteiger partial charge in [-0.05, 0) is 54.3 Å². The summed E-state index contributed by atoms with van der Waals surface area (Å²) in [7, 11) is 1.54. The fourth-order valence-corrected chi connectivity index (χ4v) is 5.06. The highest BCUT2D eigenvalue weighted by atomic mass is 35.5. The lowest BCUT2D eigenvalue weighted by Crippen LogP contribution is -2.52. The van der Waals surface area contributed by atoms with Crippen molar-refractivity contribution in [1.29, 1.82) is 0 Å². The second-order valence-electron chi connectivity index (χ2n) is 8.59. The molecule has 2 aromatic carbocycles. The molecule has 0 aliphatic carbocycles. The number of rotatable bonds is 5. The number of halogens is 1. The van der Waals surface area contributed by atoms with Crippen LogP contribution in [0.25, 0.3) is 10.9 Å². The summed E-state index contributed by atoms with van der Waals surface area (Å²) in [6, 6.07) is 7.91. The van der Waals surface area contributed by atoms with E-state index in [1.165, 1.54) is 4.90 Å². The highest BCUT2D eigenvalue weighted by molar-refractivity contribution is 6.33. The minimum Gasteiger partial charge on any atom is -0.495 e. The molecule has 1 atom stereocenters. The standard InChI is InChI=1S/C25H23ClN4O5/c1-3-14-16-9-20(35-2)17(26)10-18(16)28-22(14)24(33)27-13-4-5-15-12(8-13)11-30(25(15)34)19-6-7-21(31)29-23(19)32/h4-5,8-10,19,28H,3,6-7,11H2,1-2H3,(H,27,33)(H,29,31,32). The molecule has 3 aromatic rings. The van der Waals surface area contributed by atoms with Crippen molar-refractivity contribution in [2.45, 2.75) is 38.8 Å². The third-order valence-corrected chi connectivity index (χ3v) is 6.84. The Bertz CT molecular complexity index is 1410. The van der Waals surface area contributed by atoms with E-state index < -0.39 is 11.9 Å². The van der Waals surface area contributed by atoms with Crippen molar-refractivity contribution in [3.63, 3.8) is 0 Å². The normalized spacial score (nSPS) is 17.5. The van der Waals surface area contributed by atoms with E-state index in [0.29, 0.717) is 46.1 Å². The number of carbonyl (C=O) groups is 4. The van der Waals surface area contributed by atoms with Crippen LogP contribution in [0.5, 0.6) is 5.75 Å². The molecule has 9 nitrogen and oxygen atoms in total. The van der Waals surface area contributed by atoms with E-state index in [-0.39, 0.29) is 30.7 Å². The van der Waals surface area contributed by atoms with Crippen molar-refractivity contribution in [3.05, 3.63) is 57.7 Å². The second kappa shape index (κ2) is 8.74. The number of methoxy groups -OCH3 is 1.